The second-order valence-electron chi connectivity index (χ2n) is 4.29. The van der Waals surface area contributed by atoms with Gasteiger partial charge in [-0.1, -0.05) is 30.4 Å². The van der Waals surface area contributed by atoms with E-state index in [1.54, 1.807) is 0 Å². The van der Waals surface area contributed by atoms with Gasteiger partial charge < -0.3 is 10.6 Å². The average Bonchev–Trinajstić information content (AvgIpc) is 2.68. The molecule has 1 aliphatic heterocycles. The van der Waals surface area contributed by atoms with Crippen LogP contribution in [-0.4, -0.2) is 18.1 Å². The summed E-state index contributed by atoms with van der Waals surface area (Å²) in [5.41, 5.74) is 8.38. The highest BCUT2D eigenvalue weighted by atomic mass is 32.1. The summed E-state index contributed by atoms with van der Waals surface area (Å²) < 4.78 is 0. The van der Waals surface area contributed by atoms with Crippen LogP contribution in [0.1, 0.15) is 24.8 Å². The largest absolute Gasteiger partial charge is 0.393 e. The second-order valence-corrected chi connectivity index (χ2v) is 4.81. The van der Waals surface area contributed by atoms with Gasteiger partial charge in [0, 0.05) is 18.8 Å². The van der Waals surface area contributed by atoms with E-state index in [2.05, 4.69) is 29.2 Å². The van der Waals surface area contributed by atoms with Crippen LogP contribution in [0.4, 0.5) is 5.69 Å². The van der Waals surface area contributed by atoms with E-state index in [1.165, 1.54) is 24.1 Å². The summed E-state index contributed by atoms with van der Waals surface area (Å²) in [6.45, 7) is 2.28. The molecule has 1 aliphatic rings. The van der Waals surface area contributed by atoms with Crippen LogP contribution in [0, 0.1) is 0 Å². The van der Waals surface area contributed by atoms with Gasteiger partial charge in [0.2, 0.25) is 0 Å². The molecule has 0 radical (unpaired) electrons. The monoisotopic (exact) mass is 234 g/mol. The van der Waals surface area contributed by atoms with Gasteiger partial charge in [0.25, 0.3) is 0 Å². The molecule has 86 valence electrons. The van der Waals surface area contributed by atoms with Crippen molar-refractivity contribution in [2.75, 3.05) is 18.0 Å². The Kier molecular flexibility index (Phi) is 3.78. The summed E-state index contributed by atoms with van der Waals surface area (Å²) >= 11 is 4.87. The Morgan fingerprint density at radius 3 is 2.94 bits per heavy atom. The van der Waals surface area contributed by atoms with Crippen molar-refractivity contribution in [3.63, 3.8) is 0 Å². The van der Waals surface area contributed by atoms with E-state index in [1.807, 2.05) is 0 Å². The molecule has 3 heteroatoms. The summed E-state index contributed by atoms with van der Waals surface area (Å²) in [6.07, 6.45) is 4.34. The maximum Gasteiger partial charge on any atom is 0.0727 e. The molecule has 0 unspecified atom stereocenters. The molecule has 0 saturated carbocycles. The first-order chi connectivity index (χ1) is 7.77. The Labute approximate surface area is 102 Å². The molecule has 0 bridgehead atoms. The van der Waals surface area contributed by atoms with Crippen LogP contribution in [0.5, 0.6) is 0 Å². The maximum atomic E-state index is 5.48. The molecule has 0 saturated heterocycles. The van der Waals surface area contributed by atoms with Crippen molar-refractivity contribution >= 4 is 22.9 Å². The first-order valence-electron chi connectivity index (χ1n) is 5.88. The van der Waals surface area contributed by atoms with Crippen molar-refractivity contribution in [3.8, 4) is 0 Å². The fraction of sp³-hybridized carbons (Fsp3) is 0.462. The van der Waals surface area contributed by atoms with E-state index in [0.717, 1.165) is 25.9 Å². The van der Waals surface area contributed by atoms with Crippen molar-refractivity contribution in [2.24, 2.45) is 5.73 Å². The fourth-order valence-electron chi connectivity index (χ4n) is 2.24. The number of hydrogen-bond acceptors (Lipinski definition) is 2. The average molecular weight is 234 g/mol. The quantitative estimate of drug-likeness (QED) is 0.627. The van der Waals surface area contributed by atoms with Gasteiger partial charge in [0.05, 0.1) is 4.99 Å². The van der Waals surface area contributed by atoms with Crippen LogP contribution in [0.15, 0.2) is 24.3 Å². The van der Waals surface area contributed by atoms with Crippen LogP contribution < -0.4 is 10.6 Å². The van der Waals surface area contributed by atoms with Crippen molar-refractivity contribution in [1.82, 2.24) is 0 Å². The first-order valence-corrected chi connectivity index (χ1v) is 6.29. The minimum absolute atomic E-state index is 0.641. The number of nitrogens with zero attached hydrogens (tertiary/aromatic N) is 1. The molecule has 2 nitrogen and oxygen atoms in total. The molecule has 0 atom stereocenters. The standard InChI is InChI=1S/C13H18N2S/c14-13(16)7-3-4-9-15-10-8-11-5-1-2-6-12(11)15/h1-2,5-6H,3-4,7-10H2,(H2,14,16). The van der Waals surface area contributed by atoms with E-state index in [9.17, 15) is 0 Å². The zero-order valence-electron chi connectivity index (χ0n) is 9.48. The highest BCUT2D eigenvalue weighted by Crippen LogP contribution is 2.27. The zero-order chi connectivity index (χ0) is 11.4. The Hall–Kier alpha value is -1.09. The van der Waals surface area contributed by atoms with E-state index >= 15 is 0 Å². The minimum Gasteiger partial charge on any atom is -0.393 e. The summed E-state index contributed by atoms with van der Waals surface area (Å²) in [7, 11) is 0. The third-order valence-electron chi connectivity index (χ3n) is 3.08. The SMILES string of the molecule is NC(=S)CCCCN1CCc2ccccc21. The van der Waals surface area contributed by atoms with Crippen molar-refractivity contribution in [1.29, 1.82) is 0 Å². The molecular weight excluding hydrogens is 216 g/mol. The highest BCUT2D eigenvalue weighted by molar-refractivity contribution is 7.80. The van der Waals surface area contributed by atoms with E-state index in [0.29, 0.717) is 4.99 Å². The van der Waals surface area contributed by atoms with Gasteiger partial charge in [-0.05, 0) is 37.3 Å². The van der Waals surface area contributed by atoms with E-state index in [-0.39, 0.29) is 0 Å². The molecule has 0 aromatic heterocycles. The fourth-order valence-corrected chi connectivity index (χ4v) is 2.39. The minimum atomic E-state index is 0.641. The van der Waals surface area contributed by atoms with Gasteiger partial charge in [0.15, 0.2) is 0 Å². The molecule has 1 aromatic carbocycles. The number of rotatable bonds is 5. The maximum absolute atomic E-state index is 5.48. The van der Waals surface area contributed by atoms with Crippen LogP contribution in [0.3, 0.4) is 0 Å². The molecular formula is C13H18N2S. The summed E-state index contributed by atoms with van der Waals surface area (Å²) in [5.74, 6) is 0. The molecule has 0 fully saturated rings. The lowest BCUT2D eigenvalue weighted by Crippen LogP contribution is -2.22. The number of hydrogen-bond donors (Lipinski definition) is 1. The van der Waals surface area contributed by atoms with Crippen molar-refractivity contribution in [2.45, 2.75) is 25.7 Å². The highest BCUT2D eigenvalue weighted by Gasteiger charge is 2.16. The van der Waals surface area contributed by atoms with Crippen molar-refractivity contribution in [3.05, 3.63) is 29.8 Å². The molecule has 2 N–H and O–H groups in total. The lowest BCUT2D eigenvalue weighted by molar-refractivity contribution is 0.718. The van der Waals surface area contributed by atoms with E-state index < -0.39 is 0 Å². The van der Waals surface area contributed by atoms with E-state index in [4.69, 9.17) is 18.0 Å². The molecule has 0 spiro atoms. The summed E-state index contributed by atoms with van der Waals surface area (Å²) in [6, 6.07) is 8.68. The van der Waals surface area contributed by atoms with Gasteiger partial charge in [-0.25, -0.2) is 0 Å². The molecule has 16 heavy (non-hydrogen) atoms. The lowest BCUT2D eigenvalue weighted by atomic mass is 10.2. The Bertz CT molecular complexity index is 376. The molecule has 0 aliphatic carbocycles. The number of para-hydroxylation sites is 1. The second kappa shape index (κ2) is 5.30. The number of benzene rings is 1. The number of thiocarbonyl (C=S) groups is 1. The van der Waals surface area contributed by atoms with Gasteiger partial charge >= 0.3 is 0 Å². The predicted molar refractivity (Wildman–Crippen MR) is 73.0 cm³/mol. The Morgan fingerprint density at radius 2 is 2.12 bits per heavy atom. The van der Waals surface area contributed by atoms with Gasteiger partial charge in [0.1, 0.15) is 0 Å². The van der Waals surface area contributed by atoms with Gasteiger partial charge in [-0.2, -0.15) is 0 Å². The lowest BCUT2D eigenvalue weighted by Gasteiger charge is -2.19. The summed E-state index contributed by atoms with van der Waals surface area (Å²) in [5, 5.41) is 0. The molecule has 2 rings (SSSR count). The Balaban J connectivity index is 1.82. The van der Waals surface area contributed by atoms with Gasteiger partial charge in [-0.15, -0.1) is 0 Å². The van der Waals surface area contributed by atoms with Crippen LogP contribution in [-0.2, 0) is 6.42 Å². The topological polar surface area (TPSA) is 29.3 Å². The van der Waals surface area contributed by atoms with Gasteiger partial charge in [-0.3, -0.25) is 0 Å². The number of anilines is 1. The van der Waals surface area contributed by atoms with Crippen LogP contribution in [0.2, 0.25) is 0 Å². The van der Waals surface area contributed by atoms with Crippen LogP contribution in [0.25, 0.3) is 0 Å². The number of unbranched alkanes of at least 4 members (excludes halogenated alkanes) is 1. The zero-order valence-corrected chi connectivity index (χ0v) is 10.3. The number of nitrogens with two attached hydrogens (primary N) is 1. The van der Waals surface area contributed by atoms with Crippen molar-refractivity contribution < 1.29 is 0 Å². The Morgan fingerprint density at radius 1 is 1.31 bits per heavy atom. The number of fused-ring (bicyclic) bond motifs is 1. The molecule has 0 amide bonds. The summed E-state index contributed by atoms with van der Waals surface area (Å²) in [4.78, 5) is 3.11. The molecule has 1 aromatic rings. The molecule has 1 heterocycles. The predicted octanol–water partition coefficient (Wildman–Crippen LogP) is 2.51. The third kappa shape index (κ3) is 2.73. The van der Waals surface area contributed by atoms with Crippen LogP contribution >= 0.6 is 12.2 Å². The first kappa shape index (κ1) is 11.4. The smallest absolute Gasteiger partial charge is 0.0727 e. The third-order valence-corrected chi connectivity index (χ3v) is 3.29. The normalized spacial score (nSPS) is 13.9.